The van der Waals surface area contributed by atoms with Gasteiger partial charge >= 0.3 is 6.18 Å². The summed E-state index contributed by atoms with van der Waals surface area (Å²) in [4.78, 5) is 16.7. The number of ether oxygens (including phenoxy) is 1. The van der Waals surface area contributed by atoms with Crippen LogP contribution in [0.2, 0.25) is 0 Å². The van der Waals surface area contributed by atoms with E-state index >= 15 is 0 Å². The van der Waals surface area contributed by atoms with Crippen molar-refractivity contribution in [1.29, 1.82) is 0 Å². The second-order valence-electron chi connectivity index (χ2n) is 6.48. The molecule has 0 bridgehead atoms. The first-order valence-electron chi connectivity index (χ1n) is 8.34. The van der Waals surface area contributed by atoms with Crippen LogP contribution in [0.3, 0.4) is 0 Å². The van der Waals surface area contributed by atoms with Gasteiger partial charge in [-0.15, -0.1) is 0 Å². The molecule has 0 saturated carbocycles. The molecule has 144 valence electrons. The Kier molecular flexibility index (Phi) is 5.05. The van der Waals surface area contributed by atoms with Crippen molar-refractivity contribution >= 4 is 11.5 Å². The van der Waals surface area contributed by atoms with E-state index in [4.69, 9.17) is 4.74 Å². The lowest BCUT2D eigenvalue weighted by Crippen LogP contribution is -2.45. The first-order chi connectivity index (χ1) is 12.7. The summed E-state index contributed by atoms with van der Waals surface area (Å²) in [7, 11) is 0. The number of halogens is 3. The Bertz CT molecular complexity index is 857. The zero-order valence-electron chi connectivity index (χ0n) is 14.7. The van der Waals surface area contributed by atoms with Crippen LogP contribution in [0.1, 0.15) is 29.8 Å². The van der Waals surface area contributed by atoms with E-state index in [9.17, 15) is 23.3 Å². The van der Waals surface area contributed by atoms with Crippen LogP contribution in [0, 0.1) is 17.0 Å². The van der Waals surface area contributed by atoms with Gasteiger partial charge in [0.2, 0.25) is 0 Å². The highest BCUT2D eigenvalue weighted by molar-refractivity contribution is 5.48. The van der Waals surface area contributed by atoms with Gasteiger partial charge in [0.1, 0.15) is 17.6 Å². The van der Waals surface area contributed by atoms with E-state index in [0.717, 1.165) is 12.1 Å². The minimum atomic E-state index is -4.42. The number of benzene rings is 1. The molecule has 0 aliphatic carbocycles. The van der Waals surface area contributed by atoms with Crippen molar-refractivity contribution in [1.82, 2.24) is 4.98 Å². The predicted molar refractivity (Wildman–Crippen MR) is 92.6 cm³/mol. The molecule has 0 radical (unpaired) electrons. The highest BCUT2D eigenvalue weighted by Crippen LogP contribution is 2.34. The second kappa shape index (κ2) is 7.15. The first kappa shape index (κ1) is 19.1. The van der Waals surface area contributed by atoms with Crippen LogP contribution in [0.4, 0.5) is 24.7 Å². The molecule has 1 aliphatic heterocycles. The van der Waals surface area contributed by atoms with E-state index < -0.39 is 22.8 Å². The van der Waals surface area contributed by atoms with Crippen molar-refractivity contribution in [3.8, 4) is 0 Å². The number of pyridine rings is 1. The molecule has 1 aliphatic rings. The number of nitrogens with zero attached hydrogens (tertiary/aromatic N) is 3. The summed E-state index contributed by atoms with van der Waals surface area (Å²) in [6.45, 7) is 4.06. The molecule has 0 N–H and O–H groups in total. The molecule has 9 heteroatoms. The number of morpholine rings is 1. The summed E-state index contributed by atoms with van der Waals surface area (Å²) in [5, 5.41) is 11.0. The lowest BCUT2D eigenvalue weighted by Gasteiger charge is -2.39. The fraction of sp³-hybridized carbons (Fsp3) is 0.389. The average molecular weight is 381 g/mol. The maximum atomic E-state index is 13.0. The van der Waals surface area contributed by atoms with Crippen molar-refractivity contribution in [2.75, 3.05) is 18.1 Å². The van der Waals surface area contributed by atoms with E-state index in [0.29, 0.717) is 24.5 Å². The van der Waals surface area contributed by atoms with Gasteiger partial charge < -0.3 is 9.64 Å². The smallest absolute Gasteiger partial charge is 0.370 e. The van der Waals surface area contributed by atoms with Gasteiger partial charge in [0.15, 0.2) is 0 Å². The Morgan fingerprint density at radius 1 is 1.30 bits per heavy atom. The zero-order chi connectivity index (χ0) is 19.8. The first-order valence-corrected chi connectivity index (χ1v) is 8.34. The summed E-state index contributed by atoms with van der Waals surface area (Å²) < 4.78 is 44.7. The molecule has 0 amide bonds. The van der Waals surface area contributed by atoms with Crippen LogP contribution in [-0.2, 0) is 10.9 Å². The SMILES string of the molecule is Cc1nc(N2CC(c3cccc(C(F)(F)F)c3)OCC2C)ccc1[N+](=O)[O-]. The largest absolute Gasteiger partial charge is 0.416 e. The third-order valence-corrected chi connectivity index (χ3v) is 4.55. The quantitative estimate of drug-likeness (QED) is 0.586. The normalized spacial score (nSPS) is 20.6. The van der Waals surface area contributed by atoms with Gasteiger partial charge in [0.25, 0.3) is 5.69 Å². The van der Waals surface area contributed by atoms with Gasteiger partial charge in [-0.25, -0.2) is 4.98 Å². The lowest BCUT2D eigenvalue weighted by molar-refractivity contribution is -0.385. The van der Waals surface area contributed by atoms with Crippen molar-refractivity contribution in [3.63, 3.8) is 0 Å². The van der Waals surface area contributed by atoms with Crippen LogP contribution >= 0.6 is 0 Å². The topological polar surface area (TPSA) is 68.5 Å². The summed E-state index contributed by atoms with van der Waals surface area (Å²) in [6.07, 6.45) is -4.98. The third-order valence-electron chi connectivity index (χ3n) is 4.55. The maximum Gasteiger partial charge on any atom is 0.416 e. The molecule has 0 spiro atoms. The molecule has 1 fully saturated rings. The van der Waals surface area contributed by atoms with Gasteiger partial charge in [0, 0.05) is 6.07 Å². The Morgan fingerprint density at radius 2 is 2.04 bits per heavy atom. The summed E-state index contributed by atoms with van der Waals surface area (Å²) in [5.74, 6) is 0.533. The van der Waals surface area contributed by atoms with Gasteiger partial charge in [0.05, 0.1) is 29.7 Å². The van der Waals surface area contributed by atoms with Crippen molar-refractivity contribution in [2.24, 2.45) is 0 Å². The van der Waals surface area contributed by atoms with Gasteiger partial charge in [-0.2, -0.15) is 13.2 Å². The Balaban J connectivity index is 1.87. The summed E-state index contributed by atoms with van der Waals surface area (Å²) in [5.41, 5.74) is -0.0839. The molecule has 2 atom stereocenters. The highest BCUT2D eigenvalue weighted by Gasteiger charge is 2.33. The molecule has 1 aromatic carbocycles. The van der Waals surface area contributed by atoms with Crippen molar-refractivity contribution in [2.45, 2.75) is 32.2 Å². The maximum absolute atomic E-state index is 13.0. The van der Waals surface area contributed by atoms with E-state index in [1.54, 1.807) is 19.1 Å². The predicted octanol–water partition coefficient (Wildman–Crippen LogP) is 4.28. The van der Waals surface area contributed by atoms with Gasteiger partial charge in [-0.1, -0.05) is 12.1 Å². The average Bonchev–Trinajstić information content (AvgIpc) is 2.61. The van der Waals surface area contributed by atoms with E-state index in [-0.39, 0.29) is 17.4 Å². The highest BCUT2D eigenvalue weighted by atomic mass is 19.4. The fourth-order valence-electron chi connectivity index (χ4n) is 3.09. The fourth-order valence-corrected chi connectivity index (χ4v) is 3.09. The van der Waals surface area contributed by atoms with Crippen molar-refractivity contribution in [3.05, 3.63) is 63.3 Å². The number of alkyl halides is 3. The zero-order valence-corrected chi connectivity index (χ0v) is 14.7. The molecule has 27 heavy (non-hydrogen) atoms. The molecule has 2 unspecified atom stereocenters. The van der Waals surface area contributed by atoms with Crippen LogP contribution < -0.4 is 4.90 Å². The molecular formula is C18H18F3N3O3. The van der Waals surface area contributed by atoms with E-state index in [1.165, 1.54) is 12.1 Å². The second-order valence-corrected chi connectivity index (χ2v) is 6.48. The molecule has 6 nitrogen and oxygen atoms in total. The molecule has 1 saturated heterocycles. The summed E-state index contributed by atoms with van der Waals surface area (Å²) in [6, 6.07) is 7.94. The lowest BCUT2D eigenvalue weighted by atomic mass is 10.0. The van der Waals surface area contributed by atoms with Crippen LogP contribution in [0.5, 0.6) is 0 Å². The number of rotatable bonds is 3. The number of aromatic nitrogens is 1. The summed E-state index contributed by atoms with van der Waals surface area (Å²) >= 11 is 0. The minimum absolute atomic E-state index is 0.0691. The molecule has 2 heterocycles. The van der Waals surface area contributed by atoms with Crippen molar-refractivity contribution < 1.29 is 22.8 Å². The minimum Gasteiger partial charge on any atom is -0.370 e. The number of hydrogen-bond donors (Lipinski definition) is 0. The number of anilines is 1. The Labute approximate surface area is 153 Å². The van der Waals surface area contributed by atoms with Crippen LogP contribution in [-0.4, -0.2) is 29.1 Å². The number of aryl methyl sites for hydroxylation is 1. The Morgan fingerprint density at radius 3 is 2.67 bits per heavy atom. The van der Waals surface area contributed by atoms with E-state index in [2.05, 4.69) is 4.98 Å². The Hall–Kier alpha value is -2.68. The molecule has 3 rings (SSSR count). The van der Waals surface area contributed by atoms with E-state index in [1.807, 2.05) is 11.8 Å². The molecular weight excluding hydrogens is 363 g/mol. The standard InChI is InChI=1S/C18H18F3N3O3/c1-11-10-27-16(13-4-3-5-14(8-13)18(19,20)21)9-23(11)17-7-6-15(24(25)26)12(2)22-17/h3-8,11,16H,9-10H2,1-2H3. The monoisotopic (exact) mass is 381 g/mol. The number of nitro groups is 1. The molecule has 1 aromatic heterocycles. The number of hydrogen-bond acceptors (Lipinski definition) is 5. The van der Waals surface area contributed by atoms with Gasteiger partial charge in [-0.3, -0.25) is 10.1 Å². The van der Waals surface area contributed by atoms with Crippen LogP contribution in [0.15, 0.2) is 36.4 Å². The van der Waals surface area contributed by atoms with Gasteiger partial charge in [-0.05, 0) is 37.6 Å². The third kappa shape index (κ3) is 4.02. The molecule has 2 aromatic rings. The van der Waals surface area contributed by atoms with Crippen LogP contribution in [0.25, 0.3) is 0 Å².